The van der Waals surface area contributed by atoms with Gasteiger partial charge in [0.05, 0.1) is 12.2 Å². The molecule has 0 saturated carbocycles. The first kappa shape index (κ1) is 18.8. The Hall–Kier alpha value is -2.58. The number of anilines is 1. The predicted molar refractivity (Wildman–Crippen MR) is 105 cm³/mol. The number of benzene rings is 1. The Labute approximate surface area is 166 Å². The number of piperidine rings is 3. The molecule has 1 amide bonds. The summed E-state index contributed by atoms with van der Waals surface area (Å²) in [6.07, 6.45) is 1.47. The minimum atomic E-state index is -0.991. The number of phenolic OH excluding ortho intramolecular Hbond substituents is 1. The van der Waals surface area contributed by atoms with Crippen molar-refractivity contribution in [1.82, 2.24) is 4.90 Å². The highest BCUT2D eigenvalue weighted by Crippen LogP contribution is 2.31. The number of rotatable bonds is 5. The molecule has 3 aliphatic heterocycles. The highest BCUT2D eigenvalue weighted by Gasteiger charge is 2.37. The summed E-state index contributed by atoms with van der Waals surface area (Å²) in [5.41, 5.74) is 0.511. The number of amides is 1. The first-order valence-electron chi connectivity index (χ1n) is 9.31. The van der Waals surface area contributed by atoms with E-state index in [2.05, 4.69) is 4.90 Å². The largest absolute Gasteiger partial charge is 0.508 e. The van der Waals surface area contributed by atoms with Crippen LogP contribution in [0.4, 0.5) is 10.5 Å². The lowest BCUT2D eigenvalue weighted by atomic mass is 9.86. The van der Waals surface area contributed by atoms with Crippen LogP contribution < -0.4 is 4.90 Å². The second-order valence-electron chi connectivity index (χ2n) is 7.24. The number of aromatic carboxylic acids is 1. The molecule has 3 aliphatic rings. The second-order valence-corrected chi connectivity index (χ2v) is 8.41. The lowest BCUT2D eigenvalue weighted by Crippen LogP contribution is -2.53. The number of nitrogens with zero attached hydrogens (tertiary/aromatic N) is 2. The third-order valence-corrected chi connectivity index (χ3v) is 6.45. The summed E-state index contributed by atoms with van der Waals surface area (Å²) in [7, 11) is 0. The molecule has 1 aromatic carbocycles. The van der Waals surface area contributed by atoms with Gasteiger partial charge in [-0.25, -0.2) is 9.59 Å². The normalized spacial score (nSPS) is 23.4. The number of hydrogen-bond donors (Lipinski definition) is 2. The van der Waals surface area contributed by atoms with Gasteiger partial charge in [-0.2, -0.15) is 0 Å². The predicted octanol–water partition coefficient (Wildman–Crippen LogP) is 3.39. The Morgan fingerprint density at radius 2 is 2.00 bits per heavy atom. The molecule has 4 heterocycles. The molecule has 1 atom stereocenters. The van der Waals surface area contributed by atoms with Crippen molar-refractivity contribution in [1.29, 1.82) is 0 Å². The molecule has 8 heteroatoms. The van der Waals surface area contributed by atoms with E-state index >= 15 is 0 Å². The van der Waals surface area contributed by atoms with Crippen molar-refractivity contribution < 1.29 is 24.5 Å². The van der Waals surface area contributed by atoms with E-state index in [0.717, 1.165) is 48.7 Å². The van der Waals surface area contributed by atoms with Crippen molar-refractivity contribution in [3.05, 3.63) is 46.2 Å². The van der Waals surface area contributed by atoms with Crippen LogP contribution >= 0.6 is 11.3 Å². The van der Waals surface area contributed by atoms with Crippen molar-refractivity contribution in [2.75, 3.05) is 24.5 Å². The number of carbonyl (C=O) groups is 2. The van der Waals surface area contributed by atoms with Crippen LogP contribution in [0.1, 0.15) is 27.4 Å². The average molecular weight is 402 g/mol. The molecule has 3 saturated heterocycles. The Morgan fingerprint density at radius 1 is 1.21 bits per heavy atom. The van der Waals surface area contributed by atoms with Gasteiger partial charge < -0.3 is 14.9 Å². The Bertz CT molecular complexity index is 875. The van der Waals surface area contributed by atoms with Crippen molar-refractivity contribution in [2.24, 2.45) is 5.92 Å². The first-order chi connectivity index (χ1) is 13.5. The quantitative estimate of drug-likeness (QED) is 0.797. The van der Waals surface area contributed by atoms with Crippen molar-refractivity contribution in [3.8, 4) is 5.75 Å². The van der Waals surface area contributed by atoms with Gasteiger partial charge in [0.1, 0.15) is 16.7 Å². The van der Waals surface area contributed by atoms with Crippen LogP contribution in [-0.4, -0.2) is 52.9 Å². The van der Waals surface area contributed by atoms with Crippen LogP contribution in [0.2, 0.25) is 0 Å². The number of fused-ring (bicyclic) bond motifs is 3. The Morgan fingerprint density at radius 3 is 2.61 bits per heavy atom. The van der Waals surface area contributed by atoms with Crippen LogP contribution in [0.15, 0.2) is 36.4 Å². The van der Waals surface area contributed by atoms with Crippen molar-refractivity contribution >= 4 is 29.1 Å². The van der Waals surface area contributed by atoms with Crippen LogP contribution in [-0.2, 0) is 11.3 Å². The third kappa shape index (κ3) is 3.98. The lowest BCUT2D eigenvalue weighted by molar-refractivity contribution is -0.0311. The molecule has 2 bridgehead atoms. The number of phenols is 1. The van der Waals surface area contributed by atoms with E-state index in [-0.39, 0.29) is 23.3 Å². The maximum Gasteiger partial charge on any atom is 0.414 e. The minimum Gasteiger partial charge on any atom is -0.508 e. The highest BCUT2D eigenvalue weighted by molar-refractivity contribution is 7.13. The van der Waals surface area contributed by atoms with Crippen LogP contribution in [0, 0.1) is 5.92 Å². The van der Waals surface area contributed by atoms with Gasteiger partial charge in [0.15, 0.2) is 0 Å². The zero-order valence-corrected chi connectivity index (χ0v) is 16.1. The van der Waals surface area contributed by atoms with E-state index in [9.17, 15) is 14.7 Å². The summed E-state index contributed by atoms with van der Waals surface area (Å²) < 4.78 is 5.86. The standard InChI is InChI=1S/C20H22N2O5S/c23-15-3-1-2-14(10-15)22(11-16-4-5-18(28-16)19(24)25)20(26)27-17-12-21-8-6-13(17)7-9-21/h1-5,10,13,17,23H,6-9,11-12H2,(H,24,25)/t17-/m0/s1. The van der Waals surface area contributed by atoms with Gasteiger partial charge >= 0.3 is 12.1 Å². The first-order valence-corrected chi connectivity index (χ1v) is 10.1. The molecule has 0 unspecified atom stereocenters. The van der Waals surface area contributed by atoms with Gasteiger partial charge in [0, 0.05) is 17.5 Å². The van der Waals surface area contributed by atoms with Gasteiger partial charge in [0.2, 0.25) is 0 Å². The molecule has 7 nitrogen and oxygen atoms in total. The SMILES string of the molecule is O=C(O)c1ccc(CN(C(=O)O[C@H]2CN3CCC2CC3)c2cccc(O)c2)s1. The summed E-state index contributed by atoms with van der Waals surface area (Å²) in [5.74, 6) is -0.550. The smallest absolute Gasteiger partial charge is 0.414 e. The molecule has 0 spiro atoms. The van der Waals surface area contributed by atoms with E-state index in [4.69, 9.17) is 9.84 Å². The Balaban J connectivity index is 1.55. The maximum atomic E-state index is 13.0. The molecule has 0 radical (unpaired) electrons. The van der Waals surface area contributed by atoms with Gasteiger partial charge in [-0.3, -0.25) is 9.80 Å². The maximum absolute atomic E-state index is 13.0. The fourth-order valence-corrected chi connectivity index (χ4v) is 4.73. The zero-order chi connectivity index (χ0) is 19.7. The number of thiophene rings is 1. The van der Waals surface area contributed by atoms with E-state index in [0.29, 0.717) is 11.6 Å². The number of hydrogen-bond acceptors (Lipinski definition) is 6. The second kappa shape index (κ2) is 7.81. The molecule has 28 heavy (non-hydrogen) atoms. The average Bonchev–Trinajstić information content (AvgIpc) is 3.16. The minimum absolute atomic E-state index is 0.0514. The van der Waals surface area contributed by atoms with Crippen LogP contribution in [0.5, 0.6) is 5.75 Å². The number of carboxylic acids is 1. The molecular weight excluding hydrogens is 380 g/mol. The van der Waals surface area contributed by atoms with E-state index in [1.165, 1.54) is 23.1 Å². The number of ether oxygens (including phenoxy) is 1. The topological polar surface area (TPSA) is 90.3 Å². The number of carboxylic acid groups (broad SMARTS) is 1. The monoisotopic (exact) mass is 402 g/mol. The summed E-state index contributed by atoms with van der Waals surface area (Å²) in [6.45, 7) is 3.05. The van der Waals surface area contributed by atoms with Gasteiger partial charge in [-0.05, 0) is 56.1 Å². The summed E-state index contributed by atoms with van der Waals surface area (Å²) >= 11 is 1.12. The summed E-state index contributed by atoms with van der Waals surface area (Å²) in [4.78, 5) is 28.9. The molecule has 0 aliphatic carbocycles. The molecule has 3 fully saturated rings. The molecular formula is C20H22N2O5S. The van der Waals surface area contributed by atoms with Gasteiger partial charge in [-0.1, -0.05) is 6.07 Å². The lowest BCUT2D eigenvalue weighted by Gasteiger charge is -2.44. The fraction of sp³-hybridized carbons (Fsp3) is 0.400. The van der Waals surface area contributed by atoms with Gasteiger partial charge in [0.25, 0.3) is 0 Å². The zero-order valence-electron chi connectivity index (χ0n) is 15.3. The summed E-state index contributed by atoms with van der Waals surface area (Å²) in [6, 6.07) is 9.66. The van der Waals surface area contributed by atoms with Crippen LogP contribution in [0.25, 0.3) is 0 Å². The van der Waals surface area contributed by atoms with E-state index < -0.39 is 12.1 Å². The molecule has 2 aromatic rings. The number of carbonyl (C=O) groups excluding carboxylic acids is 1. The third-order valence-electron chi connectivity index (χ3n) is 5.40. The fourth-order valence-electron chi connectivity index (χ4n) is 3.89. The highest BCUT2D eigenvalue weighted by atomic mass is 32.1. The molecule has 5 rings (SSSR count). The molecule has 148 valence electrons. The van der Waals surface area contributed by atoms with E-state index in [1.807, 2.05) is 0 Å². The molecule has 1 aromatic heterocycles. The van der Waals surface area contributed by atoms with Crippen molar-refractivity contribution in [3.63, 3.8) is 0 Å². The number of aromatic hydroxyl groups is 1. The summed E-state index contributed by atoms with van der Waals surface area (Å²) in [5, 5.41) is 19.0. The van der Waals surface area contributed by atoms with Crippen molar-refractivity contribution in [2.45, 2.75) is 25.5 Å². The van der Waals surface area contributed by atoms with Crippen LogP contribution in [0.3, 0.4) is 0 Å². The van der Waals surface area contributed by atoms with Gasteiger partial charge in [-0.15, -0.1) is 11.3 Å². The Kier molecular flexibility index (Phi) is 5.23. The molecule has 2 N–H and O–H groups in total. The van der Waals surface area contributed by atoms with E-state index in [1.54, 1.807) is 18.2 Å².